The first-order valence-corrected chi connectivity index (χ1v) is 9.66. The highest BCUT2D eigenvalue weighted by Gasteiger charge is 2.35. The zero-order valence-electron chi connectivity index (χ0n) is 16.5. The number of hydrogen-bond donors (Lipinski definition) is 0. The highest BCUT2D eigenvalue weighted by Crippen LogP contribution is 2.33. The highest BCUT2D eigenvalue weighted by molar-refractivity contribution is 5.96. The Hall–Kier alpha value is -3.35. The minimum Gasteiger partial charge on any atom is -0.497 e. The van der Waals surface area contributed by atoms with Crippen LogP contribution in [0.4, 0.5) is 5.69 Å². The van der Waals surface area contributed by atoms with Crippen LogP contribution in [0.2, 0.25) is 0 Å². The summed E-state index contributed by atoms with van der Waals surface area (Å²) < 4.78 is 12.2. The lowest BCUT2D eigenvalue weighted by atomic mass is 10.1. The molecule has 7 heteroatoms. The van der Waals surface area contributed by atoms with Gasteiger partial charge in [-0.3, -0.25) is 9.59 Å². The van der Waals surface area contributed by atoms with Gasteiger partial charge in [-0.25, -0.2) is 4.98 Å². The number of ether oxygens (including phenoxy) is 2. The standard InChI is InChI=1S/C22H23N3O4/c1-3-29-21(27)14-25-19-7-5-4-6-18(19)23-22(25)15-12-20(26)24(13-15)16-8-10-17(28-2)11-9-16/h4-11,15H,3,12-14H2,1-2H3. The van der Waals surface area contributed by atoms with E-state index in [1.807, 2.05) is 53.1 Å². The molecule has 4 rings (SSSR count). The lowest BCUT2D eigenvalue weighted by Crippen LogP contribution is -2.24. The molecule has 0 saturated carbocycles. The van der Waals surface area contributed by atoms with E-state index in [1.165, 1.54) is 0 Å². The molecule has 1 saturated heterocycles. The number of carbonyl (C=O) groups is 2. The van der Waals surface area contributed by atoms with Crippen molar-refractivity contribution in [1.82, 2.24) is 9.55 Å². The van der Waals surface area contributed by atoms with Crippen LogP contribution in [0, 0.1) is 0 Å². The second-order valence-corrected chi connectivity index (χ2v) is 6.95. The lowest BCUT2D eigenvalue weighted by Gasteiger charge is -2.17. The average molecular weight is 393 g/mol. The number of nitrogens with zero attached hydrogens (tertiary/aromatic N) is 3. The first kappa shape index (κ1) is 19.0. The smallest absolute Gasteiger partial charge is 0.326 e. The van der Waals surface area contributed by atoms with Crippen LogP contribution in [-0.2, 0) is 20.9 Å². The number of amides is 1. The summed E-state index contributed by atoms with van der Waals surface area (Å²) in [7, 11) is 1.61. The average Bonchev–Trinajstić information content (AvgIpc) is 3.29. The number of anilines is 1. The van der Waals surface area contributed by atoms with E-state index >= 15 is 0 Å². The SMILES string of the molecule is CCOC(=O)Cn1c(C2CC(=O)N(c3ccc(OC)cc3)C2)nc2ccccc21. The number of benzene rings is 2. The zero-order valence-corrected chi connectivity index (χ0v) is 16.5. The molecule has 2 aromatic carbocycles. The summed E-state index contributed by atoms with van der Waals surface area (Å²) in [5.74, 6) is 1.10. The fourth-order valence-corrected chi connectivity index (χ4v) is 3.80. The summed E-state index contributed by atoms with van der Waals surface area (Å²) in [4.78, 5) is 31.4. The van der Waals surface area contributed by atoms with Gasteiger partial charge in [0.1, 0.15) is 18.1 Å². The number of methoxy groups -OCH3 is 1. The summed E-state index contributed by atoms with van der Waals surface area (Å²) in [5, 5.41) is 0. The third-order valence-corrected chi connectivity index (χ3v) is 5.15. The van der Waals surface area contributed by atoms with Gasteiger partial charge in [0, 0.05) is 24.6 Å². The van der Waals surface area contributed by atoms with Gasteiger partial charge in [0.2, 0.25) is 5.91 Å². The van der Waals surface area contributed by atoms with E-state index in [-0.39, 0.29) is 24.3 Å². The van der Waals surface area contributed by atoms with E-state index in [9.17, 15) is 9.59 Å². The quantitative estimate of drug-likeness (QED) is 0.602. The topological polar surface area (TPSA) is 73.7 Å². The van der Waals surface area contributed by atoms with Crippen LogP contribution >= 0.6 is 0 Å². The number of carbonyl (C=O) groups excluding carboxylic acids is 2. The van der Waals surface area contributed by atoms with Gasteiger partial charge in [-0.1, -0.05) is 12.1 Å². The van der Waals surface area contributed by atoms with E-state index in [0.717, 1.165) is 28.3 Å². The fourth-order valence-electron chi connectivity index (χ4n) is 3.80. The number of aromatic nitrogens is 2. The molecule has 0 spiro atoms. The van der Waals surface area contributed by atoms with Crippen LogP contribution in [0.25, 0.3) is 11.0 Å². The minimum atomic E-state index is -0.312. The second-order valence-electron chi connectivity index (χ2n) is 6.95. The second kappa shape index (κ2) is 7.95. The minimum absolute atomic E-state index is 0.0370. The molecule has 7 nitrogen and oxygen atoms in total. The Morgan fingerprint density at radius 3 is 2.66 bits per heavy atom. The van der Waals surface area contributed by atoms with Crippen LogP contribution < -0.4 is 9.64 Å². The summed E-state index contributed by atoms with van der Waals surface area (Å²) in [6.45, 7) is 2.70. The molecule has 1 aliphatic rings. The van der Waals surface area contributed by atoms with E-state index in [1.54, 1.807) is 18.9 Å². The van der Waals surface area contributed by atoms with Gasteiger partial charge in [0.15, 0.2) is 0 Å². The van der Waals surface area contributed by atoms with Crippen LogP contribution in [0.15, 0.2) is 48.5 Å². The normalized spacial score (nSPS) is 16.4. The molecule has 29 heavy (non-hydrogen) atoms. The predicted molar refractivity (Wildman–Crippen MR) is 109 cm³/mol. The summed E-state index contributed by atoms with van der Waals surface area (Å²) in [6, 6.07) is 15.1. The summed E-state index contributed by atoms with van der Waals surface area (Å²) >= 11 is 0. The Morgan fingerprint density at radius 1 is 1.17 bits per heavy atom. The van der Waals surface area contributed by atoms with Gasteiger partial charge in [-0.05, 0) is 43.3 Å². The third kappa shape index (κ3) is 3.68. The third-order valence-electron chi connectivity index (χ3n) is 5.15. The lowest BCUT2D eigenvalue weighted by molar-refractivity contribution is -0.143. The van der Waals surface area contributed by atoms with E-state index < -0.39 is 0 Å². The number of esters is 1. The summed E-state index contributed by atoms with van der Waals surface area (Å²) in [6.07, 6.45) is 0.345. The molecule has 2 heterocycles. The van der Waals surface area contributed by atoms with Gasteiger partial charge in [0.05, 0.1) is 24.8 Å². The van der Waals surface area contributed by atoms with Crippen molar-refractivity contribution in [2.75, 3.05) is 25.2 Å². The number of fused-ring (bicyclic) bond motifs is 1. The van der Waals surface area contributed by atoms with Crippen LogP contribution in [0.3, 0.4) is 0 Å². The fraction of sp³-hybridized carbons (Fsp3) is 0.318. The largest absolute Gasteiger partial charge is 0.497 e. The van der Waals surface area contributed by atoms with Crippen molar-refractivity contribution in [3.05, 3.63) is 54.4 Å². The maximum Gasteiger partial charge on any atom is 0.326 e. The Morgan fingerprint density at radius 2 is 1.93 bits per heavy atom. The van der Waals surface area contributed by atoms with Crippen LogP contribution in [0.1, 0.15) is 25.1 Å². The highest BCUT2D eigenvalue weighted by atomic mass is 16.5. The molecule has 1 atom stereocenters. The number of para-hydroxylation sites is 2. The van der Waals surface area contributed by atoms with E-state index in [2.05, 4.69) is 0 Å². The van der Waals surface area contributed by atoms with Crippen LogP contribution in [0.5, 0.6) is 5.75 Å². The Labute approximate surface area is 168 Å². The van der Waals surface area contributed by atoms with Crippen molar-refractivity contribution < 1.29 is 19.1 Å². The van der Waals surface area contributed by atoms with Crippen molar-refractivity contribution in [2.45, 2.75) is 25.8 Å². The van der Waals surface area contributed by atoms with E-state index in [4.69, 9.17) is 14.5 Å². The molecule has 1 aromatic heterocycles. The molecule has 3 aromatic rings. The van der Waals surface area contributed by atoms with E-state index in [0.29, 0.717) is 19.6 Å². The number of rotatable bonds is 6. The van der Waals surface area contributed by atoms with Crippen LogP contribution in [-0.4, -0.2) is 41.7 Å². The van der Waals surface area contributed by atoms with Gasteiger partial charge in [-0.15, -0.1) is 0 Å². The monoisotopic (exact) mass is 393 g/mol. The Bertz CT molecular complexity index is 1040. The molecule has 1 amide bonds. The molecule has 0 radical (unpaired) electrons. The van der Waals surface area contributed by atoms with Gasteiger partial charge < -0.3 is 18.9 Å². The maximum absolute atomic E-state index is 12.7. The molecular formula is C22H23N3O4. The van der Waals surface area contributed by atoms with Gasteiger partial charge in [0.25, 0.3) is 0 Å². The van der Waals surface area contributed by atoms with Crippen molar-refractivity contribution in [2.24, 2.45) is 0 Å². The molecule has 1 unspecified atom stereocenters. The molecule has 150 valence electrons. The molecule has 1 fully saturated rings. The maximum atomic E-state index is 12.7. The molecule has 0 aliphatic carbocycles. The molecule has 1 aliphatic heterocycles. The van der Waals surface area contributed by atoms with Crippen molar-refractivity contribution in [1.29, 1.82) is 0 Å². The van der Waals surface area contributed by atoms with Crippen molar-refractivity contribution in [3.63, 3.8) is 0 Å². The Balaban J connectivity index is 1.65. The number of imidazole rings is 1. The van der Waals surface area contributed by atoms with Gasteiger partial charge in [-0.2, -0.15) is 0 Å². The summed E-state index contributed by atoms with van der Waals surface area (Å²) in [5.41, 5.74) is 2.50. The zero-order chi connectivity index (χ0) is 20.4. The molecule has 0 N–H and O–H groups in total. The van der Waals surface area contributed by atoms with Crippen molar-refractivity contribution >= 4 is 28.6 Å². The predicted octanol–water partition coefficient (Wildman–Crippen LogP) is 3.13. The molecular weight excluding hydrogens is 370 g/mol. The number of hydrogen-bond acceptors (Lipinski definition) is 5. The first-order valence-electron chi connectivity index (χ1n) is 9.66. The Kier molecular flexibility index (Phi) is 5.20. The first-order chi connectivity index (χ1) is 14.1. The van der Waals surface area contributed by atoms with Crippen molar-refractivity contribution in [3.8, 4) is 5.75 Å². The van der Waals surface area contributed by atoms with Gasteiger partial charge >= 0.3 is 5.97 Å². The molecule has 0 bridgehead atoms.